The summed E-state index contributed by atoms with van der Waals surface area (Å²) >= 11 is 1.80. The van der Waals surface area contributed by atoms with Gasteiger partial charge in [0.1, 0.15) is 5.01 Å². The molecule has 2 N–H and O–H groups in total. The van der Waals surface area contributed by atoms with Crippen molar-refractivity contribution >= 4 is 11.3 Å². The molecule has 0 aromatic carbocycles. The second kappa shape index (κ2) is 6.98. The van der Waals surface area contributed by atoms with Crippen molar-refractivity contribution in [2.45, 2.75) is 38.6 Å². The average Bonchev–Trinajstić information content (AvgIpc) is 2.92. The Morgan fingerprint density at radius 3 is 3.00 bits per heavy atom. The normalized spacial score (nSPS) is 27.1. The average molecular weight is 297 g/mol. The molecule has 1 aliphatic rings. The molecule has 2 heterocycles. The molecule has 5 heteroatoms. The van der Waals surface area contributed by atoms with Gasteiger partial charge in [-0.2, -0.15) is 0 Å². The first-order chi connectivity index (χ1) is 9.60. The van der Waals surface area contributed by atoms with Crippen molar-refractivity contribution in [2.24, 2.45) is 5.92 Å². The maximum atomic E-state index is 5.20. The zero-order valence-electron chi connectivity index (χ0n) is 13.0. The molecule has 0 aliphatic carbocycles. The SMILES string of the molecule is COCCNC1(c2nc(C(C)C)cs2)CCNCC1C. The molecule has 1 aliphatic heterocycles. The molecule has 1 aromatic rings. The van der Waals surface area contributed by atoms with Crippen molar-refractivity contribution in [3.05, 3.63) is 16.1 Å². The monoisotopic (exact) mass is 297 g/mol. The lowest BCUT2D eigenvalue weighted by Crippen LogP contribution is -2.56. The summed E-state index contributed by atoms with van der Waals surface area (Å²) in [4.78, 5) is 4.92. The molecular weight excluding hydrogens is 270 g/mol. The van der Waals surface area contributed by atoms with Gasteiger partial charge in [0.2, 0.25) is 0 Å². The Labute approximate surface area is 126 Å². The van der Waals surface area contributed by atoms with Gasteiger partial charge in [-0.05, 0) is 31.3 Å². The zero-order chi connectivity index (χ0) is 14.6. The summed E-state index contributed by atoms with van der Waals surface area (Å²) < 4.78 is 5.20. The van der Waals surface area contributed by atoms with Gasteiger partial charge in [-0.25, -0.2) is 4.98 Å². The lowest BCUT2D eigenvalue weighted by atomic mass is 9.79. The van der Waals surface area contributed by atoms with Gasteiger partial charge in [0.05, 0.1) is 17.8 Å². The summed E-state index contributed by atoms with van der Waals surface area (Å²) in [6, 6.07) is 0. The number of nitrogens with zero attached hydrogens (tertiary/aromatic N) is 1. The van der Waals surface area contributed by atoms with E-state index in [0.717, 1.165) is 32.7 Å². The maximum absolute atomic E-state index is 5.20. The van der Waals surface area contributed by atoms with Crippen molar-refractivity contribution < 1.29 is 4.74 Å². The van der Waals surface area contributed by atoms with E-state index in [1.165, 1.54) is 10.7 Å². The Balaban J connectivity index is 2.24. The van der Waals surface area contributed by atoms with E-state index >= 15 is 0 Å². The molecule has 0 spiro atoms. The third-order valence-electron chi connectivity index (χ3n) is 4.23. The van der Waals surface area contributed by atoms with Gasteiger partial charge >= 0.3 is 0 Å². The van der Waals surface area contributed by atoms with E-state index in [0.29, 0.717) is 11.8 Å². The number of nitrogens with one attached hydrogen (secondary N) is 2. The zero-order valence-corrected chi connectivity index (χ0v) is 13.8. The van der Waals surface area contributed by atoms with Crippen LogP contribution >= 0.6 is 11.3 Å². The van der Waals surface area contributed by atoms with Crippen LogP contribution in [-0.4, -0.2) is 38.3 Å². The van der Waals surface area contributed by atoms with Gasteiger partial charge in [-0.3, -0.25) is 0 Å². The Kier molecular flexibility index (Phi) is 5.55. The van der Waals surface area contributed by atoms with Crippen molar-refractivity contribution in [3.8, 4) is 0 Å². The van der Waals surface area contributed by atoms with Gasteiger partial charge in [-0.15, -0.1) is 11.3 Å². The van der Waals surface area contributed by atoms with E-state index in [1.54, 1.807) is 18.4 Å². The van der Waals surface area contributed by atoms with Crippen LogP contribution in [0.1, 0.15) is 43.8 Å². The van der Waals surface area contributed by atoms with Gasteiger partial charge < -0.3 is 15.4 Å². The number of methoxy groups -OCH3 is 1. The molecule has 0 saturated carbocycles. The van der Waals surface area contributed by atoms with Crippen LogP contribution in [0, 0.1) is 5.92 Å². The van der Waals surface area contributed by atoms with E-state index in [1.807, 2.05) is 0 Å². The van der Waals surface area contributed by atoms with Crippen LogP contribution < -0.4 is 10.6 Å². The molecular formula is C15H27N3OS. The van der Waals surface area contributed by atoms with Crippen molar-refractivity contribution in [1.29, 1.82) is 0 Å². The molecule has 1 aromatic heterocycles. The van der Waals surface area contributed by atoms with E-state index in [-0.39, 0.29) is 5.54 Å². The molecule has 1 fully saturated rings. The Hall–Kier alpha value is -0.490. The summed E-state index contributed by atoms with van der Waals surface area (Å²) in [5.41, 5.74) is 1.21. The van der Waals surface area contributed by atoms with Crippen molar-refractivity contribution in [3.63, 3.8) is 0 Å². The van der Waals surface area contributed by atoms with Crippen LogP contribution in [0.2, 0.25) is 0 Å². The summed E-state index contributed by atoms with van der Waals surface area (Å²) in [5.74, 6) is 1.02. The number of piperidine rings is 1. The Bertz CT molecular complexity index is 421. The van der Waals surface area contributed by atoms with Crippen LogP contribution in [0.3, 0.4) is 0 Å². The van der Waals surface area contributed by atoms with Crippen LogP contribution in [-0.2, 0) is 10.3 Å². The lowest BCUT2D eigenvalue weighted by Gasteiger charge is -2.42. The summed E-state index contributed by atoms with van der Waals surface area (Å²) in [7, 11) is 1.75. The fourth-order valence-corrected chi connectivity index (χ4v) is 4.11. The lowest BCUT2D eigenvalue weighted by molar-refractivity contribution is 0.136. The largest absolute Gasteiger partial charge is 0.383 e. The van der Waals surface area contributed by atoms with Gasteiger partial charge in [-0.1, -0.05) is 20.8 Å². The third-order valence-corrected chi connectivity index (χ3v) is 5.27. The maximum Gasteiger partial charge on any atom is 0.113 e. The number of thiazole rings is 1. The van der Waals surface area contributed by atoms with E-state index in [4.69, 9.17) is 9.72 Å². The molecule has 0 amide bonds. The molecule has 20 heavy (non-hydrogen) atoms. The van der Waals surface area contributed by atoms with Gasteiger partial charge in [0.15, 0.2) is 0 Å². The standard InChI is InChI=1S/C15H27N3OS/c1-11(2)13-10-20-14(18-13)15(17-7-8-19-4)5-6-16-9-12(15)3/h10-12,16-17H,5-9H2,1-4H3. The van der Waals surface area contributed by atoms with Crippen molar-refractivity contribution in [1.82, 2.24) is 15.6 Å². The van der Waals surface area contributed by atoms with Crippen LogP contribution in [0.5, 0.6) is 0 Å². The highest BCUT2D eigenvalue weighted by Crippen LogP contribution is 2.37. The first-order valence-corrected chi connectivity index (χ1v) is 8.38. The Morgan fingerprint density at radius 1 is 1.60 bits per heavy atom. The van der Waals surface area contributed by atoms with Crippen molar-refractivity contribution in [2.75, 3.05) is 33.4 Å². The van der Waals surface area contributed by atoms with E-state index < -0.39 is 0 Å². The molecule has 2 atom stereocenters. The first-order valence-electron chi connectivity index (χ1n) is 7.50. The minimum absolute atomic E-state index is 0.00157. The number of ether oxygens (including phenoxy) is 1. The third kappa shape index (κ3) is 3.22. The highest BCUT2D eigenvalue weighted by atomic mass is 32.1. The molecule has 114 valence electrons. The molecule has 0 bridgehead atoms. The molecule has 2 unspecified atom stereocenters. The van der Waals surface area contributed by atoms with E-state index in [9.17, 15) is 0 Å². The second-order valence-electron chi connectivity index (χ2n) is 5.98. The number of rotatable bonds is 6. The predicted molar refractivity (Wildman–Crippen MR) is 84.4 cm³/mol. The summed E-state index contributed by atoms with van der Waals surface area (Å²) in [6.45, 7) is 10.4. The van der Waals surface area contributed by atoms with Gasteiger partial charge in [0, 0.05) is 19.0 Å². The summed E-state index contributed by atoms with van der Waals surface area (Å²) in [5, 5.41) is 10.7. The fraction of sp³-hybridized carbons (Fsp3) is 0.800. The van der Waals surface area contributed by atoms with E-state index in [2.05, 4.69) is 36.8 Å². The molecule has 1 saturated heterocycles. The smallest absolute Gasteiger partial charge is 0.113 e. The van der Waals surface area contributed by atoms with Crippen LogP contribution in [0.4, 0.5) is 0 Å². The quantitative estimate of drug-likeness (QED) is 0.791. The molecule has 4 nitrogen and oxygen atoms in total. The minimum Gasteiger partial charge on any atom is -0.383 e. The number of hydrogen-bond donors (Lipinski definition) is 2. The highest BCUT2D eigenvalue weighted by molar-refractivity contribution is 7.09. The Morgan fingerprint density at radius 2 is 2.40 bits per heavy atom. The molecule has 0 radical (unpaired) electrons. The minimum atomic E-state index is 0.00157. The first kappa shape index (κ1) is 15.9. The fourth-order valence-electron chi connectivity index (χ4n) is 2.81. The van der Waals surface area contributed by atoms with Gasteiger partial charge in [0.25, 0.3) is 0 Å². The topological polar surface area (TPSA) is 46.2 Å². The number of hydrogen-bond acceptors (Lipinski definition) is 5. The van der Waals surface area contributed by atoms with Crippen LogP contribution in [0.15, 0.2) is 5.38 Å². The highest BCUT2D eigenvalue weighted by Gasteiger charge is 2.41. The second-order valence-corrected chi connectivity index (χ2v) is 6.84. The predicted octanol–water partition coefficient (Wildman–Crippen LogP) is 2.33. The van der Waals surface area contributed by atoms with Crippen LogP contribution in [0.25, 0.3) is 0 Å². The molecule has 2 rings (SSSR count). The number of aromatic nitrogens is 1. The summed E-state index contributed by atoms with van der Waals surface area (Å²) in [6.07, 6.45) is 1.09.